The molecule has 0 fully saturated rings. The quantitative estimate of drug-likeness (QED) is 0.841. The van der Waals surface area contributed by atoms with E-state index >= 15 is 0 Å². The molecule has 0 saturated heterocycles. The largest absolute Gasteiger partial charge is 0.468 e. The second-order valence-corrected chi connectivity index (χ2v) is 4.71. The Morgan fingerprint density at radius 3 is 2.82 bits per heavy atom. The molecule has 2 nitrogen and oxygen atoms in total. The molecule has 2 aromatic rings. The standard InChI is InChI=1S/C13H13FO2S/c1-9(15)13-11(14)5-2-6-12(13)17-8-10-4-3-7-16-10/h2-7,9,15H,8H2,1H3/t9-/m1/s1. The van der Waals surface area contributed by atoms with Gasteiger partial charge in [-0.1, -0.05) is 6.07 Å². The van der Waals surface area contributed by atoms with Crippen molar-refractivity contribution in [2.24, 2.45) is 0 Å². The second-order valence-electron chi connectivity index (χ2n) is 3.70. The third-order valence-corrected chi connectivity index (χ3v) is 3.48. The van der Waals surface area contributed by atoms with Crippen molar-refractivity contribution in [1.29, 1.82) is 0 Å². The number of rotatable bonds is 4. The van der Waals surface area contributed by atoms with Gasteiger partial charge in [-0.3, -0.25) is 0 Å². The summed E-state index contributed by atoms with van der Waals surface area (Å²) in [6.45, 7) is 1.56. The van der Waals surface area contributed by atoms with Crippen LogP contribution in [0.15, 0.2) is 45.9 Å². The molecule has 0 radical (unpaired) electrons. The Labute approximate surface area is 103 Å². The predicted molar refractivity (Wildman–Crippen MR) is 65.3 cm³/mol. The van der Waals surface area contributed by atoms with Crippen LogP contribution in [-0.2, 0) is 5.75 Å². The molecular weight excluding hydrogens is 239 g/mol. The van der Waals surface area contributed by atoms with Gasteiger partial charge in [-0.05, 0) is 31.2 Å². The number of thioether (sulfide) groups is 1. The van der Waals surface area contributed by atoms with Crippen LogP contribution in [0.2, 0.25) is 0 Å². The van der Waals surface area contributed by atoms with Gasteiger partial charge in [-0.15, -0.1) is 11.8 Å². The summed E-state index contributed by atoms with van der Waals surface area (Å²) < 4.78 is 18.8. The Kier molecular flexibility index (Phi) is 3.86. The maximum atomic E-state index is 13.6. The van der Waals surface area contributed by atoms with Gasteiger partial charge in [0.05, 0.1) is 18.1 Å². The molecule has 2 rings (SSSR count). The van der Waals surface area contributed by atoms with E-state index in [0.717, 1.165) is 10.7 Å². The van der Waals surface area contributed by atoms with Crippen LogP contribution < -0.4 is 0 Å². The Hall–Kier alpha value is -1.26. The fraction of sp³-hybridized carbons (Fsp3) is 0.231. The summed E-state index contributed by atoms with van der Waals surface area (Å²) >= 11 is 1.45. The zero-order valence-corrected chi connectivity index (χ0v) is 10.2. The molecule has 1 aromatic carbocycles. The summed E-state index contributed by atoms with van der Waals surface area (Å²) in [5.74, 6) is 1.08. The lowest BCUT2D eigenvalue weighted by atomic mass is 10.1. The van der Waals surface area contributed by atoms with Crippen molar-refractivity contribution in [3.8, 4) is 0 Å². The zero-order chi connectivity index (χ0) is 12.3. The predicted octanol–water partition coefficient (Wildman–Crippen LogP) is 3.76. The number of hydrogen-bond acceptors (Lipinski definition) is 3. The zero-order valence-electron chi connectivity index (χ0n) is 9.39. The van der Waals surface area contributed by atoms with Gasteiger partial charge in [0.2, 0.25) is 0 Å². The van der Waals surface area contributed by atoms with E-state index in [0.29, 0.717) is 11.3 Å². The topological polar surface area (TPSA) is 33.4 Å². The summed E-state index contributed by atoms with van der Waals surface area (Å²) in [5, 5.41) is 9.57. The van der Waals surface area contributed by atoms with E-state index in [1.807, 2.05) is 12.1 Å². The lowest BCUT2D eigenvalue weighted by molar-refractivity contribution is 0.191. The Morgan fingerprint density at radius 2 is 2.18 bits per heavy atom. The average Bonchev–Trinajstić information content (AvgIpc) is 2.78. The molecule has 0 aliphatic carbocycles. The fourth-order valence-electron chi connectivity index (χ4n) is 1.59. The molecule has 4 heteroatoms. The van der Waals surface area contributed by atoms with Crippen molar-refractivity contribution >= 4 is 11.8 Å². The second kappa shape index (κ2) is 5.38. The van der Waals surface area contributed by atoms with Crippen LogP contribution in [0.25, 0.3) is 0 Å². The Balaban J connectivity index is 2.18. The van der Waals surface area contributed by atoms with Gasteiger partial charge < -0.3 is 9.52 Å². The molecule has 0 saturated carbocycles. The molecule has 1 heterocycles. The minimum atomic E-state index is -0.810. The number of aliphatic hydroxyl groups excluding tert-OH is 1. The van der Waals surface area contributed by atoms with Crippen LogP contribution in [0.3, 0.4) is 0 Å². The maximum absolute atomic E-state index is 13.6. The lowest BCUT2D eigenvalue weighted by Gasteiger charge is -2.11. The smallest absolute Gasteiger partial charge is 0.130 e. The normalized spacial score (nSPS) is 12.6. The highest BCUT2D eigenvalue weighted by atomic mass is 32.2. The van der Waals surface area contributed by atoms with Gasteiger partial charge in [0.15, 0.2) is 0 Å². The van der Waals surface area contributed by atoms with Crippen LogP contribution in [-0.4, -0.2) is 5.11 Å². The van der Waals surface area contributed by atoms with Gasteiger partial charge in [0, 0.05) is 10.5 Å². The summed E-state index contributed by atoms with van der Waals surface area (Å²) in [6.07, 6.45) is 0.798. The molecule has 0 bridgehead atoms. The van der Waals surface area contributed by atoms with Crippen LogP contribution in [0, 0.1) is 5.82 Å². The van der Waals surface area contributed by atoms with Crippen molar-refractivity contribution in [3.05, 3.63) is 53.7 Å². The summed E-state index contributed by atoms with van der Waals surface area (Å²) in [6, 6.07) is 8.49. The number of benzene rings is 1. The van der Waals surface area contributed by atoms with Gasteiger partial charge in [-0.2, -0.15) is 0 Å². The van der Waals surface area contributed by atoms with Gasteiger partial charge in [0.25, 0.3) is 0 Å². The molecule has 0 aliphatic rings. The first-order valence-corrected chi connectivity index (χ1v) is 6.28. The third-order valence-electron chi connectivity index (χ3n) is 2.38. The van der Waals surface area contributed by atoms with E-state index in [9.17, 15) is 9.50 Å². The molecular formula is C13H13FO2S. The Bertz CT molecular complexity index is 480. The molecule has 0 unspecified atom stereocenters. The van der Waals surface area contributed by atoms with E-state index in [-0.39, 0.29) is 5.82 Å². The molecule has 0 aliphatic heterocycles. The first kappa shape index (κ1) is 12.2. The lowest BCUT2D eigenvalue weighted by Crippen LogP contribution is -1.98. The minimum Gasteiger partial charge on any atom is -0.468 e. The van der Waals surface area contributed by atoms with Gasteiger partial charge >= 0.3 is 0 Å². The van der Waals surface area contributed by atoms with Crippen molar-refractivity contribution in [3.63, 3.8) is 0 Å². The number of hydrogen-bond donors (Lipinski definition) is 1. The fourth-order valence-corrected chi connectivity index (χ4v) is 2.65. The summed E-state index contributed by atoms with van der Waals surface area (Å²) in [5.41, 5.74) is 0.351. The van der Waals surface area contributed by atoms with Gasteiger partial charge in [0.1, 0.15) is 11.6 Å². The molecule has 0 spiro atoms. The van der Waals surface area contributed by atoms with Crippen molar-refractivity contribution in [1.82, 2.24) is 0 Å². The highest BCUT2D eigenvalue weighted by molar-refractivity contribution is 7.98. The first-order chi connectivity index (χ1) is 8.18. The van der Waals surface area contributed by atoms with Crippen LogP contribution in [0.1, 0.15) is 24.4 Å². The van der Waals surface area contributed by atoms with E-state index in [2.05, 4.69) is 0 Å². The molecule has 1 aromatic heterocycles. The van der Waals surface area contributed by atoms with Crippen LogP contribution in [0.5, 0.6) is 0 Å². The number of aliphatic hydroxyl groups is 1. The molecule has 17 heavy (non-hydrogen) atoms. The average molecular weight is 252 g/mol. The van der Waals surface area contributed by atoms with Crippen molar-refractivity contribution in [2.45, 2.75) is 23.7 Å². The maximum Gasteiger partial charge on any atom is 0.130 e. The monoisotopic (exact) mass is 252 g/mol. The minimum absolute atomic E-state index is 0.351. The van der Waals surface area contributed by atoms with Crippen molar-refractivity contribution in [2.75, 3.05) is 0 Å². The molecule has 1 atom stereocenters. The van der Waals surface area contributed by atoms with Gasteiger partial charge in [-0.25, -0.2) is 4.39 Å². The SMILES string of the molecule is C[C@@H](O)c1c(F)cccc1SCc1ccco1. The molecule has 1 N–H and O–H groups in total. The van der Waals surface area contributed by atoms with Crippen LogP contribution in [0.4, 0.5) is 4.39 Å². The number of furan rings is 1. The van der Waals surface area contributed by atoms with E-state index in [4.69, 9.17) is 4.42 Å². The summed E-state index contributed by atoms with van der Waals surface area (Å²) in [4.78, 5) is 0.747. The number of halogens is 1. The van der Waals surface area contributed by atoms with Crippen LogP contribution >= 0.6 is 11.8 Å². The highest BCUT2D eigenvalue weighted by Gasteiger charge is 2.14. The summed E-state index contributed by atoms with van der Waals surface area (Å²) in [7, 11) is 0. The highest BCUT2D eigenvalue weighted by Crippen LogP contribution is 2.31. The molecule has 0 amide bonds. The Morgan fingerprint density at radius 1 is 1.35 bits per heavy atom. The van der Waals surface area contributed by atoms with E-state index < -0.39 is 6.10 Å². The van der Waals surface area contributed by atoms with E-state index in [1.54, 1.807) is 25.3 Å². The van der Waals surface area contributed by atoms with Crippen molar-refractivity contribution < 1.29 is 13.9 Å². The first-order valence-electron chi connectivity index (χ1n) is 5.30. The third kappa shape index (κ3) is 2.90. The van der Waals surface area contributed by atoms with E-state index in [1.165, 1.54) is 17.8 Å². The molecule has 90 valence electrons.